The van der Waals surface area contributed by atoms with Crippen molar-refractivity contribution in [2.75, 3.05) is 38.6 Å². The molecule has 1 aliphatic heterocycles. The van der Waals surface area contributed by atoms with Gasteiger partial charge in [0.15, 0.2) is 0 Å². The summed E-state index contributed by atoms with van der Waals surface area (Å²) in [5, 5.41) is 2.91. The number of benzene rings is 1. The number of rotatable bonds is 5. The lowest BCUT2D eigenvalue weighted by Crippen LogP contribution is -2.42. The van der Waals surface area contributed by atoms with Gasteiger partial charge < -0.3 is 15.8 Å². The van der Waals surface area contributed by atoms with Crippen LogP contribution in [0.4, 0.5) is 5.69 Å². The van der Waals surface area contributed by atoms with Crippen LogP contribution in [0.25, 0.3) is 0 Å². The molecule has 0 saturated carbocycles. The molecule has 1 aromatic carbocycles. The van der Waals surface area contributed by atoms with E-state index in [4.69, 9.17) is 10.5 Å². The third-order valence-corrected chi connectivity index (χ3v) is 3.68. The topological polar surface area (TPSA) is 67.6 Å². The minimum atomic E-state index is 0. The summed E-state index contributed by atoms with van der Waals surface area (Å²) in [5.41, 5.74) is 6.50. The first kappa shape index (κ1) is 17.8. The van der Waals surface area contributed by atoms with Gasteiger partial charge in [0.1, 0.15) is 5.75 Å². The van der Waals surface area contributed by atoms with Crippen molar-refractivity contribution in [2.24, 2.45) is 11.7 Å². The van der Waals surface area contributed by atoms with Gasteiger partial charge in [-0.25, -0.2) is 0 Å². The molecule has 3 N–H and O–H groups in total. The number of nitrogens with one attached hydrogen (secondary N) is 1. The quantitative estimate of drug-likeness (QED) is 0.868. The van der Waals surface area contributed by atoms with E-state index in [1.807, 2.05) is 24.3 Å². The fraction of sp³-hybridized carbons (Fsp3) is 0.533. The Labute approximate surface area is 132 Å². The highest BCUT2D eigenvalue weighted by Gasteiger charge is 2.20. The molecule has 0 spiro atoms. The molecule has 1 amide bonds. The number of anilines is 1. The van der Waals surface area contributed by atoms with Gasteiger partial charge in [-0.15, -0.1) is 12.4 Å². The van der Waals surface area contributed by atoms with Crippen LogP contribution in [-0.2, 0) is 4.79 Å². The molecule has 0 radical (unpaired) electrons. The molecule has 0 aromatic heterocycles. The van der Waals surface area contributed by atoms with E-state index in [2.05, 4.69) is 10.2 Å². The Kier molecular flexibility index (Phi) is 7.50. The SMILES string of the molecule is COc1ccc(NC(=O)CN2CCCC(CN)C2)cc1.Cl. The number of ether oxygens (including phenoxy) is 1. The van der Waals surface area contributed by atoms with Gasteiger partial charge in [0.2, 0.25) is 5.91 Å². The van der Waals surface area contributed by atoms with Crippen LogP contribution in [0, 0.1) is 5.92 Å². The second kappa shape index (κ2) is 8.87. The average molecular weight is 314 g/mol. The summed E-state index contributed by atoms with van der Waals surface area (Å²) in [5.74, 6) is 1.33. The van der Waals surface area contributed by atoms with Gasteiger partial charge >= 0.3 is 0 Å². The number of nitrogens with two attached hydrogens (primary N) is 1. The van der Waals surface area contributed by atoms with Gasteiger partial charge in [0.05, 0.1) is 13.7 Å². The van der Waals surface area contributed by atoms with E-state index >= 15 is 0 Å². The maximum atomic E-state index is 12.0. The van der Waals surface area contributed by atoms with Crippen molar-refractivity contribution in [3.63, 3.8) is 0 Å². The molecular weight excluding hydrogens is 290 g/mol. The van der Waals surface area contributed by atoms with Crippen LogP contribution >= 0.6 is 12.4 Å². The smallest absolute Gasteiger partial charge is 0.238 e. The van der Waals surface area contributed by atoms with Crippen molar-refractivity contribution >= 4 is 24.0 Å². The average Bonchev–Trinajstić information content (AvgIpc) is 2.48. The highest BCUT2D eigenvalue weighted by Crippen LogP contribution is 2.16. The molecule has 1 atom stereocenters. The van der Waals surface area contributed by atoms with Crippen LogP contribution < -0.4 is 15.8 Å². The highest BCUT2D eigenvalue weighted by atomic mass is 35.5. The Morgan fingerprint density at radius 1 is 1.43 bits per heavy atom. The molecule has 6 heteroatoms. The van der Waals surface area contributed by atoms with Crippen molar-refractivity contribution in [3.05, 3.63) is 24.3 Å². The molecule has 118 valence electrons. The lowest BCUT2D eigenvalue weighted by atomic mass is 9.98. The fourth-order valence-corrected chi connectivity index (χ4v) is 2.57. The van der Waals surface area contributed by atoms with Crippen molar-refractivity contribution in [3.8, 4) is 5.75 Å². The summed E-state index contributed by atoms with van der Waals surface area (Å²) in [4.78, 5) is 14.2. The van der Waals surface area contributed by atoms with E-state index in [9.17, 15) is 4.79 Å². The van der Waals surface area contributed by atoms with Crippen molar-refractivity contribution < 1.29 is 9.53 Å². The highest BCUT2D eigenvalue weighted by molar-refractivity contribution is 5.92. The van der Waals surface area contributed by atoms with E-state index in [-0.39, 0.29) is 18.3 Å². The van der Waals surface area contributed by atoms with Gasteiger partial charge in [-0.3, -0.25) is 9.69 Å². The Balaban J connectivity index is 0.00000220. The van der Waals surface area contributed by atoms with Crippen molar-refractivity contribution in [2.45, 2.75) is 12.8 Å². The van der Waals surface area contributed by atoms with Crippen LogP contribution in [0.1, 0.15) is 12.8 Å². The Hall–Kier alpha value is -1.30. The van der Waals surface area contributed by atoms with Crippen LogP contribution in [0.3, 0.4) is 0 Å². The first-order chi connectivity index (χ1) is 9.71. The normalized spacial score (nSPS) is 18.7. The van der Waals surface area contributed by atoms with Crippen LogP contribution in [-0.4, -0.2) is 44.1 Å². The number of carbonyl (C=O) groups excluding carboxylic acids is 1. The van der Waals surface area contributed by atoms with E-state index < -0.39 is 0 Å². The number of methoxy groups -OCH3 is 1. The summed E-state index contributed by atoms with van der Waals surface area (Å²) < 4.78 is 5.09. The van der Waals surface area contributed by atoms with Gasteiger partial charge in [0, 0.05) is 12.2 Å². The van der Waals surface area contributed by atoms with Crippen molar-refractivity contribution in [1.82, 2.24) is 4.90 Å². The molecule has 1 saturated heterocycles. The van der Waals surface area contributed by atoms with E-state index in [0.29, 0.717) is 19.0 Å². The molecule has 0 aliphatic carbocycles. The molecule has 0 bridgehead atoms. The first-order valence-corrected chi connectivity index (χ1v) is 7.07. The van der Waals surface area contributed by atoms with Gasteiger partial charge in [-0.1, -0.05) is 0 Å². The third kappa shape index (κ3) is 5.53. The monoisotopic (exact) mass is 313 g/mol. The number of carbonyl (C=O) groups is 1. The predicted octanol–water partition coefficient (Wildman–Crippen LogP) is 1.73. The molecule has 21 heavy (non-hydrogen) atoms. The van der Waals surface area contributed by atoms with E-state index in [0.717, 1.165) is 30.9 Å². The number of hydrogen-bond acceptors (Lipinski definition) is 4. The van der Waals surface area contributed by atoms with Crippen LogP contribution in [0.15, 0.2) is 24.3 Å². The zero-order valence-corrected chi connectivity index (χ0v) is 13.2. The standard InChI is InChI=1S/C15H23N3O2.ClH/c1-20-14-6-4-13(5-7-14)17-15(19)11-18-8-2-3-12(9-16)10-18;/h4-7,12H,2-3,8-11,16H2,1H3,(H,17,19);1H. The number of halogens is 1. The van der Waals surface area contributed by atoms with Gasteiger partial charge in [-0.05, 0) is 56.1 Å². The Bertz CT molecular complexity index is 439. The molecule has 1 unspecified atom stereocenters. The van der Waals surface area contributed by atoms with E-state index in [1.165, 1.54) is 6.42 Å². The summed E-state index contributed by atoms with van der Waals surface area (Å²) >= 11 is 0. The molecule has 1 aromatic rings. The minimum absolute atomic E-state index is 0. The first-order valence-electron chi connectivity index (χ1n) is 7.07. The van der Waals surface area contributed by atoms with Gasteiger partial charge in [-0.2, -0.15) is 0 Å². The van der Waals surface area contributed by atoms with E-state index in [1.54, 1.807) is 7.11 Å². The largest absolute Gasteiger partial charge is 0.497 e. The van der Waals surface area contributed by atoms with Crippen LogP contribution in [0.2, 0.25) is 0 Å². The maximum Gasteiger partial charge on any atom is 0.238 e. The number of likely N-dealkylation sites (tertiary alicyclic amines) is 1. The second-order valence-electron chi connectivity index (χ2n) is 5.26. The lowest BCUT2D eigenvalue weighted by Gasteiger charge is -2.31. The van der Waals surface area contributed by atoms with Crippen LogP contribution in [0.5, 0.6) is 5.75 Å². The predicted molar refractivity (Wildman–Crippen MR) is 87.1 cm³/mol. The Morgan fingerprint density at radius 2 is 2.14 bits per heavy atom. The summed E-state index contributed by atoms with van der Waals surface area (Å²) in [6.45, 7) is 3.04. The summed E-state index contributed by atoms with van der Waals surface area (Å²) in [6.07, 6.45) is 2.30. The minimum Gasteiger partial charge on any atom is -0.497 e. The second-order valence-corrected chi connectivity index (χ2v) is 5.26. The number of nitrogens with zero attached hydrogens (tertiary/aromatic N) is 1. The zero-order chi connectivity index (χ0) is 14.4. The lowest BCUT2D eigenvalue weighted by molar-refractivity contribution is -0.117. The summed E-state index contributed by atoms with van der Waals surface area (Å²) in [6, 6.07) is 7.35. The summed E-state index contributed by atoms with van der Waals surface area (Å²) in [7, 11) is 1.62. The molecule has 1 heterocycles. The molecule has 1 fully saturated rings. The zero-order valence-electron chi connectivity index (χ0n) is 12.4. The maximum absolute atomic E-state index is 12.0. The van der Waals surface area contributed by atoms with Crippen molar-refractivity contribution in [1.29, 1.82) is 0 Å². The number of piperidine rings is 1. The fourth-order valence-electron chi connectivity index (χ4n) is 2.57. The molecular formula is C15H24ClN3O2. The molecule has 2 rings (SSSR count). The van der Waals surface area contributed by atoms with Gasteiger partial charge in [0.25, 0.3) is 0 Å². The molecule has 1 aliphatic rings. The molecule has 5 nitrogen and oxygen atoms in total. The third-order valence-electron chi connectivity index (χ3n) is 3.68. The Morgan fingerprint density at radius 3 is 2.76 bits per heavy atom. The number of hydrogen-bond donors (Lipinski definition) is 2. The number of amides is 1.